The highest BCUT2D eigenvalue weighted by molar-refractivity contribution is 6.28. The van der Waals surface area contributed by atoms with E-state index in [2.05, 4.69) is 15.0 Å². The number of halogens is 1. The van der Waals surface area contributed by atoms with Gasteiger partial charge in [-0.2, -0.15) is 15.0 Å². The highest BCUT2D eigenvalue weighted by atomic mass is 35.5. The molecule has 7 heteroatoms. The molecule has 0 amide bonds. The minimum absolute atomic E-state index is 0.166. The second kappa shape index (κ2) is 5.46. The van der Waals surface area contributed by atoms with E-state index < -0.39 is 5.60 Å². The van der Waals surface area contributed by atoms with E-state index in [1.165, 1.54) is 0 Å². The number of likely N-dealkylation sites (N-methyl/N-ethyl adjacent to an activating group) is 1. The van der Waals surface area contributed by atoms with E-state index in [4.69, 9.17) is 11.6 Å². The molecule has 1 saturated carbocycles. The third kappa shape index (κ3) is 3.45. The molecule has 0 saturated heterocycles. The van der Waals surface area contributed by atoms with Crippen molar-refractivity contribution in [2.45, 2.75) is 31.3 Å². The van der Waals surface area contributed by atoms with Gasteiger partial charge in [-0.15, -0.1) is 0 Å². The van der Waals surface area contributed by atoms with Crippen LogP contribution in [0.5, 0.6) is 0 Å². The molecule has 2 rings (SSSR count). The summed E-state index contributed by atoms with van der Waals surface area (Å²) in [7, 11) is 5.56. The molecule has 1 aromatic rings. The van der Waals surface area contributed by atoms with Gasteiger partial charge in [0, 0.05) is 27.7 Å². The van der Waals surface area contributed by atoms with Crippen LogP contribution < -0.4 is 9.80 Å². The zero-order valence-electron chi connectivity index (χ0n) is 11.6. The second-order valence-electron chi connectivity index (χ2n) is 5.39. The lowest BCUT2D eigenvalue weighted by molar-refractivity contribution is 0.0556. The van der Waals surface area contributed by atoms with E-state index in [1.54, 1.807) is 4.90 Å². The molecule has 19 heavy (non-hydrogen) atoms. The van der Waals surface area contributed by atoms with Crippen molar-refractivity contribution in [2.24, 2.45) is 0 Å². The normalized spacial score (nSPS) is 17.5. The van der Waals surface area contributed by atoms with Crippen LogP contribution in [-0.2, 0) is 0 Å². The molecule has 1 aliphatic rings. The van der Waals surface area contributed by atoms with Crippen LogP contribution in [0.1, 0.15) is 25.7 Å². The van der Waals surface area contributed by atoms with Crippen molar-refractivity contribution in [1.29, 1.82) is 0 Å². The Bertz CT molecular complexity index is 448. The van der Waals surface area contributed by atoms with Crippen molar-refractivity contribution < 1.29 is 5.11 Å². The van der Waals surface area contributed by atoms with E-state index >= 15 is 0 Å². The largest absolute Gasteiger partial charge is 0.388 e. The maximum atomic E-state index is 10.4. The molecule has 0 unspecified atom stereocenters. The average Bonchev–Trinajstić information content (AvgIpc) is 2.74. The molecule has 6 nitrogen and oxygen atoms in total. The molecule has 1 aromatic heterocycles. The summed E-state index contributed by atoms with van der Waals surface area (Å²) >= 11 is 5.91. The molecule has 0 radical (unpaired) electrons. The molecule has 1 fully saturated rings. The maximum absolute atomic E-state index is 10.4. The first kappa shape index (κ1) is 14.3. The molecule has 0 atom stereocenters. The predicted octanol–water partition coefficient (Wildman–Crippen LogP) is 1.33. The van der Waals surface area contributed by atoms with Crippen LogP contribution in [-0.4, -0.2) is 53.3 Å². The van der Waals surface area contributed by atoms with Crippen LogP contribution in [0.25, 0.3) is 0 Å². The summed E-state index contributed by atoms with van der Waals surface area (Å²) in [5.41, 5.74) is -0.633. The highest BCUT2D eigenvalue weighted by Crippen LogP contribution is 2.30. The minimum atomic E-state index is -0.633. The fourth-order valence-electron chi connectivity index (χ4n) is 2.40. The molecule has 0 bridgehead atoms. The second-order valence-corrected chi connectivity index (χ2v) is 5.72. The van der Waals surface area contributed by atoms with Gasteiger partial charge in [0.05, 0.1) is 5.60 Å². The van der Waals surface area contributed by atoms with Crippen LogP contribution in [0.15, 0.2) is 0 Å². The molecule has 106 valence electrons. The first-order chi connectivity index (χ1) is 8.89. The summed E-state index contributed by atoms with van der Waals surface area (Å²) in [5.74, 6) is 1.00. The Balaban J connectivity index is 2.16. The number of anilines is 2. The first-order valence-corrected chi connectivity index (χ1v) is 6.80. The third-order valence-electron chi connectivity index (χ3n) is 3.39. The Hall–Kier alpha value is -1.14. The summed E-state index contributed by atoms with van der Waals surface area (Å²) in [4.78, 5) is 16.1. The Morgan fingerprint density at radius 2 is 1.68 bits per heavy atom. The van der Waals surface area contributed by atoms with E-state index in [9.17, 15) is 5.11 Å². The molecule has 1 N–H and O–H groups in total. The quantitative estimate of drug-likeness (QED) is 0.900. The van der Waals surface area contributed by atoms with Gasteiger partial charge in [0.15, 0.2) is 0 Å². The van der Waals surface area contributed by atoms with Crippen LogP contribution in [0.4, 0.5) is 11.9 Å². The first-order valence-electron chi connectivity index (χ1n) is 6.42. The summed E-state index contributed by atoms with van der Waals surface area (Å²) in [6.07, 6.45) is 3.81. The highest BCUT2D eigenvalue weighted by Gasteiger charge is 2.33. The van der Waals surface area contributed by atoms with Crippen LogP contribution >= 0.6 is 11.6 Å². The Labute approximate surface area is 118 Å². The van der Waals surface area contributed by atoms with E-state index in [1.807, 2.05) is 26.0 Å². The van der Waals surface area contributed by atoms with Crippen molar-refractivity contribution in [3.05, 3.63) is 5.28 Å². The smallest absolute Gasteiger partial charge is 0.231 e. The monoisotopic (exact) mass is 285 g/mol. The molecule has 0 aliphatic heterocycles. The number of aliphatic hydroxyl groups is 1. The topological polar surface area (TPSA) is 65.4 Å². The van der Waals surface area contributed by atoms with Crippen molar-refractivity contribution >= 4 is 23.5 Å². The average molecular weight is 286 g/mol. The van der Waals surface area contributed by atoms with Crippen molar-refractivity contribution in [2.75, 3.05) is 37.5 Å². The molecule has 1 heterocycles. The fraction of sp³-hybridized carbons (Fsp3) is 0.750. The number of hydrogen-bond donors (Lipinski definition) is 1. The van der Waals surface area contributed by atoms with Gasteiger partial charge >= 0.3 is 0 Å². The molecule has 1 aliphatic carbocycles. The van der Waals surface area contributed by atoms with E-state index in [-0.39, 0.29) is 5.28 Å². The van der Waals surface area contributed by atoms with Crippen LogP contribution in [0.3, 0.4) is 0 Å². The Morgan fingerprint density at radius 1 is 1.11 bits per heavy atom. The van der Waals surface area contributed by atoms with Gasteiger partial charge in [0.2, 0.25) is 17.2 Å². The van der Waals surface area contributed by atoms with Gasteiger partial charge in [0.25, 0.3) is 0 Å². The van der Waals surface area contributed by atoms with Crippen molar-refractivity contribution in [3.8, 4) is 0 Å². The standard InChI is InChI=1S/C12H20ClN5O/c1-17(2)10-14-9(13)15-11(16-10)18(3)8-12(19)6-4-5-7-12/h19H,4-8H2,1-3H3. The number of rotatable bonds is 4. The van der Waals surface area contributed by atoms with Crippen LogP contribution in [0.2, 0.25) is 5.28 Å². The lowest BCUT2D eigenvalue weighted by Crippen LogP contribution is -2.40. The number of nitrogens with zero attached hydrogens (tertiary/aromatic N) is 5. The van der Waals surface area contributed by atoms with Crippen LogP contribution in [0, 0.1) is 0 Å². The number of aromatic nitrogens is 3. The minimum Gasteiger partial charge on any atom is -0.388 e. The molecule has 0 aromatic carbocycles. The lowest BCUT2D eigenvalue weighted by atomic mass is 10.0. The Kier molecular flexibility index (Phi) is 4.10. The van der Waals surface area contributed by atoms with Gasteiger partial charge in [-0.1, -0.05) is 12.8 Å². The third-order valence-corrected chi connectivity index (χ3v) is 3.56. The van der Waals surface area contributed by atoms with Gasteiger partial charge in [-0.05, 0) is 24.4 Å². The van der Waals surface area contributed by atoms with Gasteiger partial charge in [-0.25, -0.2) is 0 Å². The van der Waals surface area contributed by atoms with Gasteiger partial charge in [0.1, 0.15) is 0 Å². The van der Waals surface area contributed by atoms with E-state index in [0.717, 1.165) is 25.7 Å². The summed E-state index contributed by atoms with van der Waals surface area (Å²) in [5, 5.41) is 10.6. The van der Waals surface area contributed by atoms with Crippen molar-refractivity contribution in [1.82, 2.24) is 15.0 Å². The SMILES string of the molecule is CN(C)c1nc(Cl)nc(N(C)CC2(O)CCCC2)n1. The summed E-state index contributed by atoms with van der Waals surface area (Å²) in [6, 6.07) is 0. The van der Waals surface area contributed by atoms with Gasteiger partial charge < -0.3 is 14.9 Å². The Morgan fingerprint density at radius 3 is 2.26 bits per heavy atom. The summed E-state index contributed by atoms with van der Waals surface area (Å²) < 4.78 is 0. The lowest BCUT2D eigenvalue weighted by Gasteiger charge is -2.28. The molecular formula is C12H20ClN5O. The fourth-order valence-corrected chi connectivity index (χ4v) is 2.55. The maximum Gasteiger partial charge on any atom is 0.231 e. The zero-order chi connectivity index (χ0) is 14.0. The number of hydrogen-bond acceptors (Lipinski definition) is 6. The predicted molar refractivity (Wildman–Crippen MR) is 75.9 cm³/mol. The van der Waals surface area contributed by atoms with E-state index in [0.29, 0.717) is 18.4 Å². The zero-order valence-corrected chi connectivity index (χ0v) is 12.4. The molecular weight excluding hydrogens is 266 g/mol. The van der Waals surface area contributed by atoms with Crippen molar-refractivity contribution in [3.63, 3.8) is 0 Å². The molecule has 0 spiro atoms. The van der Waals surface area contributed by atoms with Gasteiger partial charge in [-0.3, -0.25) is 0 Å². The summed E-state index contributed by atoms with van der Waals surface area (Å²) in [6.45, 7) is 0.514.